The van der Waals surface area contributed by atoms with E-state index in [0.717, 1.165) is 0 Å². The molecule has 2 heterocycles. The van der Waals surface area contributed by atoms with E-state index in [2.05, 4.69) is 5.16 Å². The SMILES string of the molecule is CC1(C)CC2(C=C(C#N)C1=O)CN(C(=O)c1ccno1)CCO2. The molecule has 0 radical (unpaired) electrons. The van der Waals surface area contributed by atoms with Gasteiger partial charge in [-0.05, 0) is 12.5 Å². The quantitative estimate of drug-likeness (QED) is 0.775. The maximum atomic E-state index is 12.4. The van der Waals surface area contributed by atoms with Crippen LogP contribution in [0.15, 0.2) is 28.4 Å². The maximum absolute atomic E-state index is 12.4. The molecule has 7 nitrogen and oxygen atoms in total. The van der Waals surface area contributed by atoms with E-state index in [4.69, 9.17) is 9.26 Å². The fraction of sp³-hybridized carbons (Fsp3) is 0.500. The number of nitriles is 1. The van der Waals surface area contributed by atoms with Crippen molar-refractivity contribution in [3.63, 3.8) is 0 Å². The van der Waals surface area contributed by atoms with Gasteiger partial charge in [0.25, 0.3) is 5.91 Å². The zero-order valence-corrected chi connectivity index (χ0v) is 13.0. The van der Waals surface area contributed by atoms with Crippen molar-refractivity contribution >= 4 is 11.7 Å². The molecule has 7 heteroatoms. The zero-order valence-electron chi connectivity index (χ0n) is 13.0. The highest BCUT2D eigenvalue weighted by atomic mass is 16.5. The van der Waals surface area contributed by atoms with Crippen LogP contribution in [-0.4, -0.2) is 47.0 Å². The molecular formula is C16H17N3O4. The van der Waals surface area contributed by atoms with Crippen LogP contribution in [0, 0.1) is 16.7 Å². The Kier molecular flexibility index (Phi) is 3.57. The highest BCUT2D eigenvalue weighted by Crippen LogP contribution is 2.41. The standard InChI is InChI=1S/C16H17N3O4/c1-15(2)9-16(7-11(8-17)13(15)20)10-19(5-6-22-16)14(21)12-3-4-18-23-12/h3-4,7H,5-6,9-10H2,1-2H3. The van der Waals surface area contributed by atoms with Crippen LogP contribution in [-0.2, 0) is 9.53 Å². The lowest BCUT2D eigenvalue weighted by molar-refractivity contribution is -0.134. The second-order valence-corrected chi connectivity index (χ2v) is 6.58. The molecule has 1 aromatic rings. The molecule has 0 bridgehead atoms. The molecule has 0 N–H and O–H groups in total. The molecule has 1 aromatic heterocycles. The molecule has 1 saturated heterocycles. The lowest BCUT2D eigenvalue weighted by Gasteiger charge is -2.46. The van der Waals surface area contributed by atoms with Crippen molar-refractivity contribution in [2.75, 3.05) is 19.7 Å². The normalized spacial score (nSPS) is 26.7. The van der Waals surface area contributed by atoms with E-state index in [9.17, 15) is 14.9 Å². The Balaban J connectivity index is 1.91. The predicted octanol–water partition coefficient (Wildman–Crippen LogP) is 1.33. The predicted molar refractivity (Wildman–Crippen MR) is 78.2 cm³/mol. The molecule has 120 valence electrons. The van der Waals surface area contributed by atoms with Gasteiger partial charge in [-0.25, -0.2) is 0 Å². The topological polar surface area (TPSA) is 96.4 Å². The number of carbonyl (C=O) groups is 2. The third kappa shape index (κ3) is 2.66. The van der Waals surface area contributed by atoms with Crippen molar-refractivity contribution in [2.24, 2.45) is 5.41 Å². The minimum Gasteiger partial charge on any atom is -0.367 e. The van der Waals surface area contributed by atoms with Gasteiger partial charge in [-0.3, -0.25) is 9.59 Å². The summed E-state index contributed by atoms with van der Waals surface area (Å²) < 4.78 is 10.8. The van der Waals surface area contributed by atoms with Gasteiger partial charge < -0.3 is 14.2 Å². The molecule has 1 amide bonds. The Morgan fingerprint density at radius 3 is 2.91 bits per heavy atom. The number of nitrogens with zero attached hydrogens (tertiary/aromatic N) is 3. The molecule has 0 aromatic carbocycles. The van der Waals surface area contributed by atoms with Crippen molar-refractivity contribution in [2.45, 2.75) is 25.9 Å². The summed E-state index contributed by atoms with van der Waals surface area (Å²) in [6.45, 7) is 4.61. The number of aromatic nitrogens is 1. The number of allylic oxidation sites excluding steroid dienone is 1. The highest BCUT2D eigenvalue weighted by molar-refractivity contribution is 6.04. The van der Waals surface area contributed by atoms with Crippen LogP contribution in [0.3, 0.4) is 0 Å². The summed E-state index contributed by atoms with van der Waals surface area (Å²) in [6, 6.07) is 3.46. The molecule has 1 aliphatic heterocycles. The van der Waals surface area contributed by atoms with E-state index in [-0.39, 0.29) is 29.6 Å². The average molecular weight is 315 g/mol. The number of hydrogen-bond acceptors (Lipinski definition) is 6. The van der Waals surface area contributed by atoms with Gasteiger partial charge in [-0.1, -0.05) is 19.0 Å². The molecule has 1 unspecified atom stereocenters. The highest BCUT2D eigenvalue weighted by Gasteiger charge is 2.48. The summed E-state index contributed by atoms with van der Waals surface area (Å²) in [6.07, 6.45) is 3.41. The van der Waals surface area contributed by atoms with Crippen LogP contribution in [0.2, 0.25) is 0 Å². The van der Waals surface area contributed by atoms with Crippen molar-refractivity contribution < 1.29 is 18.8 Å². The first-order valence-corrected chi connectivity index (χ1v) is 7.39. The van der Waals surface area contributed by atoms with E-state index < -0.39 is 11.0 Å². The average Bonchev–Trinajstić information content (AvgIpc) is 3.04. The molecule has 1 aliphatic carbocycles. The van der Waals surface area contributed by atoms with E-state index >= 15 is 0 Å². The molecule has 3 rings (SSSR count). The Morgan fingerprint density at radius 1 is 1.48 bits per heavy atom. The number of amides is 1. The molecule has 2 aliphatic rings. The first kappa shape index (κ1) is 15.4. The number of carbonyl (C=O) groups excluding carboxylic acids is 2. The Labute approximate surface area is 133 Å². The smallest absolute Gasteiger partial charge is 0.292 e. The number of ketones is 1. The third-order valence-electron chi connectivity index (χ3n) is 4.27. The van der Waals surface area contributed by atoms with Gasteiger partial charge in [0.2, 0.25) is 5.76 Å². The third-order valence-corrected chi connectivity index (χ3v) is 4.27. The van der Waals surface area contributed by atoms with Crippen LogP contribution in [0.1, 0.15) is 30.8 Å². The summed E-state index contributed by atoms with van der Waals surface area (Å²) in [4.78, 5) is 26.3. The van der Waals surface area contributed by atoms with Crippen LogP contribution in [0.5, 0.6) is 0 Å². The van der Waals surface area contributed by atoms with E-state index in [1.54, 1.807) is 24.8 Å². The number of rotatable bonds is 1. The molecular weight excluding hydrogens is 298 g/mol. The van der Waals surface area contributed by atoms with Gasteiger partial charge in [0, 0.05) is 18.0 Å². The van der Waals surface area contributed by atoms with Gasteiger partial charge in [0.05, 0.1) is 24.9 Å². The van der Waals surface area contributed by atoms with Gasteiger partial charge in [0.1, 0.15) is 11.7 Å². The van der Waals surface area contributed by atoms with Crippen molar-refractivity contribution in [3.8, 4) is 6.07 Å². The number of morpholine rings is 1. The monoisotopic (exact) mass is 315 g/mol. The van der Waals surface area contributed by atoms with E-state index in [1.807, 2.05) is 6.07 Å². The minimum atomic E-state index is -0.823. The largest absolute Gasteiger partial charge is 0.367 e. The van der Waals surface area contributed by atoms with E-state index in [0.29, 0.717) is 19.6 Å². The minimum absolute atomic E-state index is 0.0928. The second kappa shape index (κ2) is 5.32. The van der Waals surface area contributed by atoms with Crippen LogP contribution in [0.25, 0.3) is 0 Å². The van der Waals surface area contributed by atoms with Crippen molar-refractivity contribution in [1.82, 2.24) is 10.1 Å². The fourth-order valence-electron chi connectivity index (χ4n) is 3.31. The molecule has 0 saturated carbocycles. The Hall–Kier alpha value is -2.46. The van der Waals surface area contributed by atoms with Gasteiger partial charge in [0.15, 0.2) is 5.78 Å². The fourth-order valence-corrected chi connectivity index (χ4v) is 3.31. The Morgan fingerprint density at radius 2 is 2.26 bits per heavy atom. The second-order valence-electron chi connectivity index (χ2n) is 6.58. The van der Waals surface area contributed by atoms with E-state index in [1.165, 1.54) is 12.3 Å². The van der Waals surface area contributed by atoms with Gasteiger partial charge in [-0.2, -0.15) is 5.26 Å². The summed E-state index contributed by atoms with van der Waals surface area (Å²) in [5, 5.41) is 12.8. The lowest BCUT2D eigenvalue weighted by Crippen LogP contribution is -2.56. The first-order valence-electron chi connectivity index (χ1n) is 7.39. The molecule has 1 atom stereocenters. The Bertz CT molecular complexity index is 714. The molecule has 23 heavy (non-hydrogen) atoms. The number of ether oxygens (including phenoxy) is 1. The molecule has 1 spiro atoms. The first-order chi connectivity index (χ1) is 10.9. The number of Topliss-reactive ketones (excluding diaryl/α,β-unsaturated/α-hetero) is 1. The van der Waals surface area contributed by atoms with Gasteiger partial charge in [-0.15, -0.1) is 0 Å². The van der Waals surface area contributed by atoms with Crippen LogP contribution >= 0.6 is 0 Å². The summed E-state index contributed by atoms with van der Waals surface area (Å²) in [5.74, 6) is -0.294. The zero-order chi connectivity index (χ0) is 16.7. The van der Waals surface area contributed by atoms with Crippen LogP contribution < -0.4 is 0 Å². The van der Waals surface area contributed by atoms with Crippen LogP contribution in [0.4, 0.5) is 0 Å². The number of hydrogen-bond donors (Lipinski definition) is 0. The van der Waals surface area contributed by atoms with Gasteiger partial charge >= 0.3 is 0 Å². The molecule has 1 fully saturated rings. The summed E-state index contributed by atoms with van der Waals surface area (Å²) >= 11 is 0. The van der Waals surface area contributed by atoms with Crippen molar-refractivity contribution in [3.05, 3.63) is 29.7 Å². The summed E-state index contributed by atoms with van der Waals surface area (Å²) in [5.41, 5.74) is -1.44. The summed E-state index contributed by atoms with van der Waals surface area (Å²) in [7, 11) is 0. The van der Waals surface area contributed by atoms with Crippen molar-refractivity contribution in [1.29, 1.82) is 5.26 Å². The maximum Gasteiger partial charge on any atom is 0.292 e. The lowest BCUT2D eigenvalue weighted by atomic mass is 9.69.